The molecular weight excluding hydrogens is 614 g/mol. The molecule has 0 radical (unpaired) electrons. The van der Waals surface area contributed by atoms with E-state index in [-0.39, 0.29) is 57.1 Å². The van der Waals surface area contributed by atoms with Crippen LogP contribution < -0.4 is 44.6 Å². The SMILES string of the molecule is CC(=O)N[C@@H](CCCN=C(N)N)C(=O)N[C@@H](CCC(=O)O)C(=O)N(C)[C@@H](CCCN=C(N)N)C(=O)N[C@@H](Cc1ccccc1)C(N)=O. The number of benzene rings is 1. The number of nitrogens with two attached hydrogens (primary N) is 5. The van der Waals surface area contributed by atoms with E-state index in [2.05, 4.69) is 25.9 Å². The van der Waals surface area contributed by atoms with Crippen molar-refractivity contribution in [3.8, 4) is 0 Å². The Kier molecular flexibility index (Phi) is 17.3. The molecule has 1 aromatic carbocycles. The highest BCUT2D eigenvalue weighted by molar-refractivity contribution is 5.95. The van der Waals surface area contributed by atoms with Crippen LogP contribution in [0.3, 0.4) is 0 Å². The maximum absolute atomic E-state index is 13.8. The Balaban J connectivity index is 3.29. The van der Waals surface area contributed by atoms with Crippen molar-refractivity contribution in [1.82, 2.24) is 20.9 Å². The second kappa shape index (κ2) is 20.6. The molecule has 0 saturated heterocycles. The van der Waals surface area contributed by atoms with Crippen LogP contribution >= 0.6 is 0 Å². The average Bonchev–Trinajstić information content (AvgIpc) is 2.99. The van der Waals surface area contributed by atoms with Crippen LogP contribution in [0.1, 0.15) is 51.0 Å². The number of hydrogen-bond donors (Lipinski definition) is 9. The third-order valence-electron chi connectivity index (χ3n) is 6.89. The first-order valence-electron chi connectivity index (χ1n) is 14.9. The number of amides is 5. The number of aliphatic carboxylic acids is 1. The molecule has 0 spiro atoms. The van der Waals surface area contributed by atoms with Crippen LogP contribution in [0.5, 0.6) is 0 Å². The smallest absolute Gasteiger partial charge is 0.303 e. The molecule has 260 valence electrons. The molecule has 1 aromatic rings. The summed E-state index contributed by atoms with van der Waals surface area (Å²) in [5, 5.41) is 17.0. The molecule has 0 aromatic heterocycles. The fourth-order valence-electron chi connectivity index (χ4n) is 4.55. The lowest BCUT2D eigenvalue weighted by atomic mass is 10.0. The third kappa shape index (κ3) is 15.9. The number of carbonyl (C=O) groups is 6. The summed E-state index contributed by atoms with van der Waals surface area (Å²) >= 11 is 0. The second-order valence-electron chi connectivity index (χ2n) is 10.8. The first-order valence-corrected chi connectivity index (χ1v) is 14.9. The number of carboxylic acids is 1. The van der Waals surface area contributed by atoms with Crippen molar-refractivity contribution < 1.29 is 33.9 Å². The number of nitrogens with zero attached hydrogens (tertiary/aromatic N) is 3. The molecule has 18 nitrogen and oxygen atoms in total. The number of guanidine groups is 2. The summed E-state index contributed by atoms with van der Waals surface area (Å²) in [6, 6.07) is 4.02. The molecule has 0 fully saturated rings. The fourth-order valence-corrected chi connectivity index (χ4v) is 4.55. The van der Waals surface area contributed by atoms with E-state index in [1.165, 1.54) is 14.0 Å². The lowest BCUT2D eigenvalue weighted by Crippen LogP contribution is -2.58. The molecule has 1 rings (SSSR count). The van der Waals surface area contributed by atoms with Gasteiger partial charge < -0.3 is 54.6 Å². The van der Waals surface area contributed by atoms with Gasteiger partial charge in [0.1, 0.15) is 24.2 Å². The summed E-state index contributed by atoms with van der Waals surface area (Å²) in [7, 11) is 1.31. The monoisotopic (exact) mass is 661 g/mol. The fraction of sp³-hybridized carbons (Fsp3) is 0.517. The van der Waals surface area contributed by atoms with E-state index >= 15 is 0 Å². The van der Waals surface area contributed by atoms with Gasteiger partial charge in [-0.1, -0.05) is 30.3 Å². The molecule has 0 aliphatic heterocycles. The van der Waals surface area contributed by atoms with Crippen LogP contribution in [0.4, 0.5) is 0 Å². The second-order valence-corrected chi connectivity index (χ2v) is 10.8. The lowest BCUT2D eigenvalue weighted by Gasteiger charge is -2.32. The first kappa shape index (κ1) is 39.6. The average molecular weight is 662 g/mol. The Labute approximate surface area is 272 Å². The Morgan fingerprint density at radius 2 is 1.32 bits per heavy atom. The van der Waals surface area contributed by atoms with E-state index < -0.39 is 66.1 Å². The molecule has 0 saturated carbocycles. The van der Waals surface area contributed by atoms with Crippen molar-refractivity contribution in [2.75, 3.05) is 20.1 Å². The number of carbonyl (C=O) groups excluding carboxylic acids is 5. The summed E-state index contributed by atoms with van der Waals surface area (Å²) in [6.07, 6.45) is -0.0746. The summed E-state index contributed by atoms with van der Waals surface area (Å²) in [5.41, 5.74) is 27.8. The Morgan fingerprint density at radius 3 is 1.83 bits per heavy atom. The maximum Gasteiger partial charge on any atom is 0.303 e. The van der Waals surface area contributed by atoms with Crippen molar-refractivity contribution in [1.29, 1.82) is 0 Å². The van der Waals surface area contributed by atoms with Gasteiger partial charge in [0.05, 0.1) is 0 Å². The molecule has 0 aliphatic rings. The highest BCUT2D eigenvalue weighted by Crippen LogP contribution is 2.13. The third-order valence-corrected chi connectivity index (χ3v) is 6.89. The quantitative estimate of drug-likeness (QED) is 0.0363. The van der Waals surface area contributed by atoms with Gasteiger partial charge in [-0.25, -0.2) is 0 Å². The van der Waals surface area contributed by atoms with E-state index in [0.717, 1.165) is 10.5 Å². The summed E-state index contributed by atoms with van der Waals surface area (Å²) in [6.45, 7) is 1.50. The van der Waals surface area contributed by atoms with Crippen LogP contribution in [-0.2, 0) is 35.2 Å². The molecule has 0 bridgehead atoms. The number of primary amides is 1. The van der Waals surface area contributed by atoms with Crippen molar-refractivity contribution in [2.45, 2.75) is 76.0 Å². The van der Waals surface area contributed by atoms with Crippen LogP contribution in [0, 0.1) is 0 Å². The molecule has 0 aliphatic carbocycles. The number of aliphatic imine (C=N–C) groups is 2. The van der Waals surface area contributed by atoms with Gasteiger partial charge in [-0.05, 0) is 37.7 Å². The Bertz CT molecular complexity index is 1280. The van der Waals surface area contributed by atoms with E-state index in [4.69, 9.17) is 28.7 Å². The van der Waals surface area contributed by atoms with E-state index in [1.807, 2.05) is 0 Å². The van der Waals surface area contributed by atoms with Gasteiger partial charge in [0.15, 0.2) is 11.9 Å². The number of carboxylic acid groups (broad SMARTS) is 1. The number of rotatable bonds is 21. The molecule has 47 heavy (non-hydrogen) atoms. The maximum atomic E-state index is 13.8. The number of hydrogen-bond acceptors (Lipinski definition) is 8. The normalized spacial score (nSPS) is 13.1. The lowest BCUT2D eigenvalue weighted by molar-refractivity contribution is -0.144. The van der Waals surface area contributed by atoms with Gasteiger partial charge >= 0.3 is 5.97 Å². The van der Waals surface area contributed by atoms with Crippen molar-refractivity contribution in [3.05, 3.63) is 35.9 Å². The highest BCUT2D eigenvalue weighted by Gasteiger charge is 2.34. The van der Waals surface area contributed by atoms with Gasteiger partial charge in [-0.3, -0.25) is 38.8 Å². The van der Waals surface area contributed by atoms with E-state index in [0.29, 0.717) is 6.42 Å². The zero-order valence-electron chi connectivity index (χ0n) is 26.7. The zero-order valence-corrected chi connectivity index (χ0v) is 26.7. The largest absolute Gasteiger partial charge is 0.481 e. The van der Waals surface area contributed by atoms with Crippen LogP contribution in [0.15, 0.2) is 40.3 Å². The minimum atomic E-state index is -1.40. The molecule has 4 atom stereocenters. The van der Waals surface area contributed by atoms with Crippen LogP contribution in [-0.4, -0.2) is 102 Å². The van der Waals surface area contributed by atoms with Gasteiger partial charge in [-0.15, -0.1) is 0 Å². The van der Waals surface area contributed by atoms with Gasteiger partial charge in [-0.2, -0.15) is 0 Å². The molecule has 14 N–H and O–H groups in total. The van der Waals surface area contributed by atoms with Gasteiger partial charge in [0.2, 0.25) is 29.5 Å². The predicted octanol–water partition coefficient (Wildman–Crippen LogP) is -3.01. The molecule has 0 heterocycles. The van der Waals surface area contributed by atoms with Crippen molar-refractivity contribution >= 4 is 47.4 Å². The summed E-state index contributed by atoms with van der Waals surface area (Å²) in [4.78, 5) is 85.0. The standard InChI is InChI=1S/C29H47N11O7/c1-17(41)37-19(10-6-14-35-28(31)32)25(45)38-20(12-13-23(42)43)27(47)40(2)22(11-7-15-36-29(33)34)26(46)39-21(24(30)44)16-18-8-4-3-5-9-18/h3-5,8-9,19-22H,6-7,10-16H2,1-2H3,(H2,30,44)(H,37,41)(H,38,45)(H,39,46)(H,42,43)(H4,31,32,35)(H4,33,34,36)/t19-,20-,21-,22-/m0/s1. The minimum Gasteiger partial charge on any atom is -0.481 e. The first-order chi connectivity index (χ1) is 22.1. The van der Waals surface area contributed by atoms with Gasteiger partial charge in [0, 0.05) is 39.9 Å². The Morgan fingerprint density at radius 1 is 0.766 bits per heavy atom. The van der Waals surface area contributed by atoms with Crippen molar-refractivity contribution in [3.63, 3.8) is 0 Å². The van der Waals surface area contributed by atoms with E-state index in [9.17, 15) is 33.9 Å². The number of likely N-dealkylation sites (N-methyl/N-ethyl adjacent to an activating group) is 1. The topological polar surface area (TPSA) is 317 Å². The zero-order chi connectivity index (χ0) is 35.5. The minimum absolute atomic E-state index is 0.0284. The van der Waals surface area contributed by atoms with Crippen molar-refractivity contribution in [2.24, 2.45) is 38.7 Å². The van der Waals surface area contributed by atoms with E-state index in [1.54, 1.807) is 30.3 Å². The Hall–Kier alpha value is -5.42. The highest BCUT2D eigenvalue weighted by atomic mass is 16.4. The van der Waals surface area contributed by atoms with Gasteiger partial charge in [0.25, 0.3) is 0 Å². The molecule has 18 heteroatoms. The summed E-state index contributed by atoms with van der Waals surface area (Å²) < 4.78 is 0. The van der Waals surface area contributed by atoms with Crippen LogP contribution in [0.25, 0.3) is 0 Å². The predicted molar refractivity (Wildman–Crippen MR) is 174 cm³/mol. The van der Waals surface area contributed by atoms with Crippen LogP contribution in [0.2, 0.25) is 0 Å². The molecular formula is C29H47N11O7. The molecule has 0 unspecified atom stereocenters. The summed E-state index contributed by atoms with van der Waals surface area (Å²) in [5.74, 6) is -5.13. The number of nitrogens with one attached hydrogen (secondary N) is 3. The molecule has 5 amide bonds.